The minimum Gasteiger partial charge on any atom is -0.481 e. The molecule has 2 N–H and O–H groups in total. The topological polar surface area (TPSA) is 88.2 Å². The summed E-state index contributed by atoms with van der Waals surface area (Å²) in [6.45, 7) is 2.65. The van der Waals surface area contributed by atoms with Gasteiger partial charge in [0.05, 0.1) is 5.92 Å². The molecule has 1 saturated carbocycles. The lowest BCUT2D eigenvalue weighted by atomic mass is 9.80. The maximum atomic E-state index is 10.8. The van der Waals surface area contributed by atoms with Crippen molar-refractivity contribution < 1.29 is 14.4 Å². The van der Waals surface area contributed by atoms with Gasteiger partial charge in [-0.2, -0.15) is 4.98 Å². The Bertz CT molecular complexity index is 994. The first-order valence-electron chi connectivity index (χ1n) is 9.15. The lowest BCUT2D eigenvalue weighted by molar-refractivity contribution is -0.145. The summed E-state index contributed by atoms with van der Waals surface area (Å²) in [6.07, 6.45) is 1.39. The quantitative estimate of drug-likeness (QED) is 0.644. The molecule has 0 bridgehead atoms. The third-order valence-corrected chi connectivity index (χ3v) is 5.55. The SMILES string of the molecule is Cc1ccc(-c2nc(-c3ccc(CNC4CC(C(=O)O)C4)cc3)no2)cc1Cl. The molecule has 0 spiro atoms. The second-order valence-electron chi connectivity index (χ2n) is 7.17. The Morgan fingerprint density at radius 3 is 2.61 bits per heavy atom. The second-order valence-corrected chi connectivity index (χ2v) is 7.58. The van der Waals surface area contributed by atoms with Crippen molar-refractivity contribution in [1.29, 1.82) is 0 Å². The van der Waals surface area contributed by atoms with Crippen LogP contribution in [-0.2, 0) is 11.3 Å². The maximum Gasteiger partial charge on any atom is 0.306 e. The summed E-state index contributed by atoms with van der Waals surface area (Å²) >= 11 is 6.17. The van der Waals surface area contributed by atoms with E-state index >= 15 is 0 Å². The fraction of sp³-hybridized carbons (Fsp3) is 0.286. The number of benzene rings is 2. The average molecular weight is 398 g/mol. The van der Waals surface area contributed by atoms with Gasteiger partial charge in [-0.05, 0) is 43.0 Å². The standard InChI is InChI=1S/C21H20ClN3O3/c1-12-2-5-15(10-18(12)22)20-24-19(25-28-20)14-6-3-13(4-7-14)11-23-17-8-16(9-17)21(26)27/h2-7,10,16-17,23H,8-9,11H2,1H3,(H,26,27). The van der Waals surface area contributed by atoms with Crippen LogP contribution in [0.5, 0.6) is 0 Å². The molecule has 0 radical (unpaired) electrons. The fourth-order valence-corrected chi connectivity index (χ4v) is 3.38. The monoisotopic (exact) mass is 397 g/mol. The van der Waals surface area contributed by atoms with E-state index in [0.29, 0.717) is 36.1 Å². The molecule has 4 rings (SSSR count). The van der Waals surface area contributed by atoms with Gasteiger partial charge in [0, 0.05) is 28.7 Å². The van der Waals surface area contributed by atoms with E-state index in [1.165, 1.54) is 0 Å². The zero-order valence-electron chi connectivity index (χ0n) is 15.4. The minimum absolute atomic E-state index is 0.198. The average Bonchev–Trinajstić information content (AvgIpc) is 3.13. The zero-order chi connectivity index (χ0) is 19.7. The number of nitrogens with one attached hydrogen (secondary N) is 1. The van der Waals surface area contributed by atoms with Crippen LogP contribution in [0, 0.1) is 12.8 Å². The maximum absolute atomic E-state index is 10.8. The van der Waals surface area contributed by atoms with Gasteiger partial charge in [-0.1, -0.05) is 47.1 Å². The predicted molar refractivity (Wildman–Crippen MR) is 106 cm³/mol. The Hall–Kier alpha value is -2.70. The summed E-state index contributed by atoms with van der Waals surface area (Å²) in [7, 11) is 0. The Balaban J connectivity index is 1.38. The van der Waals surface area contributed by atoms with Gasteiger partial charge in [0.1, 0.15) is 0 Å². The molecule has 0 aliphatic heterocycles. The van der Waals surface area contributed by atoms with E-state index in [9.17, 15) is 4.79 Å². The van der Waals surface area contributed by atoms with Crippen LogP contribution in [0.2, 0.25) is 5.02 Å². The highest BCUT2D eigenvalue weighted by Crippen LogP contribution is 2.28. The van der Waals surface area contributed by atoms with Gasteiger partial charge in [-0.3, -0.25) is 4.79 Å². The molecule has 144 valence electrons. The van der Waals surface area contributed by atoms with Crippen molar-refractivity contribution in [3.8, 4) is 22.8 Å². The fourth-order valence-electron chi connectivity index (χ4n) is 3.20. The molecule has 7 heteroatoms. The summed E-state index contributed by atoms with van der Waals surface area (Å²) in [4.78, 5) is 15.3. The molecule has 28 heavy (non-hydrogen) atoms. The molecule has 6 nitrogen and oxygen atoms in total. The van der Waals surface area contributed by atoms with Crippen molar-refractivity contribution >= 4 is 17.6 Å². The van der Waals surface area contributed by atoms with Gasteiger partial charge in [0.2, 0.25) is 5.82 Å². The van der Waals surface area contributed by atoms with Crippen molar-refractivity contribution in [2.75, 3.05) is 0 Å². The van der Waals surface area contributed by atoms with Crippen LogP contribution in [0.1, 0.15) is 24.0 Å². The number of carboxylic acid groups (broad SMARTS) is 1. The van der Waals surface area contributed by atoms with Crippen molar-refractivity contribution in [2.24, 2.45) is 5.92 Å². The van der Waals surface area contributed by atoms with E-state index in [0.717, 1.165) is 22.3 Å². The molecule has 0 unspecified atom stereocenters. The largest absolute Gasteiger partial charge is 0.481 e. The number of halogens is 1. The van der Waals surface area contributed by atoms with Crippen LogP contribution in [-0.4, -0.2) is 27.3 Å². The van der Waals surface area contributed by atoms with Gasteiger partial charge >= 0.3 is 5.97 Å². The van der Waals surface area contributed by atoms with Crippen molar-refractivity contribution in [2.45, 2.75) is 32.4 Å². The first-order chi connectivity index (χ1) is 13.5. The van der Waals surface area contributed by atoms with E-state index in [1.54, 1.807) is 0 Å². The first kappa shape index (κ1) is 18.7. The molecule has 1 aromatic heterocycles. The summed E-state index contributed by atoms with van der Waals surface area (Å²) < 4.78 is 5.38. The van der Waals surface area contributed by atoms with Gasteiger partial charge < -0.3 is 14.9 Å². The van der Waals surface area contributed by atoms with Crippen LogP contribution in [0.25, 0.3) is 22.8 Å². The molecule has 0 saturated heterocycles. The molecule has 0 atom stereocenters. The van der Waals surface area contributed by atoms with Gasteiger partial charge in [0.25, 0.3) is 5.89 Å². The Labute approximate surface area is 167 Å². The Morgan fingerprint density at radius 1 is 1.21 bits per heavy atom. The Morgan fingerprint density at radius 2 is 1.93 bits per heavy atom. The van der Waals surface area contributed by atoms with Gasteiger partial charge in [0.15, 0.2) is 0 Å². The molecular formula is C21H20ClN3O3. The summed E-state index contributed by atoms with van der Waals surface area (Å²) in [5, 5.41) is 17.0. The summed E-state index contributed by atoms with van der Waals surface area (Å²) in [6, 6.07) is 13.8. The van der Waals surface area contributed by atoms with E-state index in [2.05, 4.69) is 15.5 Å². The molecular weight excluding hydrogens is 378 g/mol. The van der Waals surface area contributed by atoms with Gasteiger partial charge in [-0.25, -0.2) is 0 Å². The third kappa shape index (κ3) is 3.93. The number of nitrogens with zero attached hydrogens (tertiary/aromatic N) is 2. The summed E-state index contributed by atoms with van der Waals surface area (Å²) in [5.41, 5.74) is 3.77. The zero-order valence-corrected chi connectivity index (χ0v) is 16.1. The van der Waals surface area contributed by atoms with E-state index in [1.807, 2.05) is 49.4 Å². The second kappa shape index (κ2) is 7.73. The van der Waals surface area contributed by atoms with E-state index in [4.69, 9.17) is 21.2 Å². The van der Waals surface area contributed by atoms with Crippen LogP contribution in [0.4, 0.5) is 0 Å². The number of aliphatic carboxylic acids is 1. The van der Waals surface area contributed by atoms with Crippen LogP contribution >= 0.6 is 11.6 Å². The predicted octanol–water partition coefficient (Wildman–Crippen LogP) is 4.32. The lowest BCUT2D eigenvalue weighted by Gasteiger charge is -2.33. The molecule has 0 amide bonds. The number of aromatic nitrogens is 2. The number of carbonyl (C=O) groups is 1. The molecule has 2 aromatic carbocycles. The number of aryl methyl sites for hydroxylation is 1. The highest BCUT2D eigenvalue weighted by atomic mass is 35.5. The Kier molecular flexibility index (Phi) is 5.15. The molecule has 1 heterocycles. The molecule has 1 aliphatic rings. The highest BCUT2D eigenvalue weighted by molar-refractivity contribution is 6.31. The molecule has 1 fully saturated rings. The van der Waals surface area contributed by atoms with Gasteiger partial charge in [-0.15, -0.1) is 0 Å². The first-order valence-corrected chi connectivity index (χ1v) is 9.53. The molecule has 1 aliphatic carbocycles. The molecule has 3 aromatic rings. The summed E-state index contributed by atoms with van der Waals surface area (Å²) in [5.74, 6) is 0.0561. The number of hydrogen-bond donors (Lipinski definition) is 2. The minimum atomic E-state index is -0.699. The third-order valence-electron chi connectivity index (χ3n) is 5.14. The normalized spacial score (nSPS) is 18.6. The van der Waals surface area contributed by atoms with Crippen molar-refractivity contribution in [3.05, 3.63) is 58.6 Å². The number of carboxylic acids is 1. The van der Waals surface area contributed by atoms with Crippen molar-refractivity contribution in [3.63, 3.8) is 0 Å². The lowest BCUT2D eigenvalue weighted by Crippen LogP contribution is -2.43. The number of hydrogen-bond acceptors (Lipinski definition) is 5. The van der Waals surface area contributed by atoms with E-state index < -0.39 is 5.97 Å². The van der Waals surface area contributed by atoms with Crippen LogP contribution in [0.15, 0.2) is 47.0 Å². The van der Waals surface area contributed by atoms with E-state index in [-0.39, 0.29) is 12.0 Å². The smallest absolute Gasteiger partial charge is 0.306 e. The van der Waals surface area contributed by atoms with Crippen molar-refractivity contribution in [1.82, 2.24) is 15.5 Å². The highest BCUT2D eigenvalue weighted by Gasteiger charge is 2.33. The number of rotatable bonds is 6. The van der Waals surface area contributed by atoms with Crippen LogP contribution in [0.3, 0.4) is 0 Å². The van der Waals surface area contributed by atoms with Crippen LogP contribution < -0.4 is 5.32 Å².